The molecule has 1 heterocycles. The van der Waals surface area contributed by atoms with Crippen molar-refractivity contribution in [1.29, 1.82) is 0 Å². The molecule has 2 aromatic rings. The van der Waals surface area contributed by atoms with Crippen molar-refractivity contribution in [3.05, 3.63) is 46.8 Å². The monoisotopic (exact) mass is 417 g/mol. The Labute approximate surface area is 179 Å². The van der Waals surface area contributed by atoms with Gasteiger partial charge in [-0.3, -0.25) is 9.59 Å². The van der Waals surface area contributed by atoms with Crippen LogP contribution in [0.5, 0.6) is 0 Å². The zero-order valence-electron chi connectivity index (χ0n) is 17.6. The lowest BCUT2D eigenvalue weighted by atomic mass is 9.90. The molecule has 1 aliphatic carbocycles. The van der Waals surface area contributed by atoms with Crippen molar-refractivity contribution in [1.82, 2.24) is 9.90 Å². The predicted molar refractivity (Wildman–Crippen MR) is 109 cm³/mol. The maximum atomic E-state index is 12.9. The Kier molecular flexibility index (Phi) is 9.02. The molecule has 158 valence electrons. The highest BCUT2D eigenvalue weighted by atomic mass is 35.5. The maximum absolute atomic E-state index is 12.9. The van der Waals surface area contributed by atoms with Crippen molar-refractivity contribution < 1.29 is 26.7 Å². The number of hydrogen-bond donors (Lipinski definition) is 0. The van der Waals surface area contributed by atoms with Gasteiger partial charge in [0.05, 0.1) is 5.21 Å². The number of aromatic nitrogens is 3. The van der Waals surface area contributed by atoms with E-state index in [0.29, 0.717) is 29.1 Å². The summed E-state index contributed by atoms with van der Waals surface area (Å²) in [5.74, 6) is -0.201. The number of rotatable bonds is 11. The Morgan fingerprint density at radius 3 is 1.93 bits per heavy atom. The zero-order chi connectivity index (χ0) is 19.9. The lowest BCUT2D eigenvalue weighted by Crippen LogP contribution is -3.00. The van der Waals surface area contributed by atoms with E-state index in [0.717, 1.165) is 12.8 Å². The quantitative estimate of drug-likeness (QED) is 0.350. The van der Waals surface area contributed by atoms with Crippen LogP contribution in [-0.2, 0) is 13.6 Å². The molecule has 6 heteroatoms. The van der Waals surface area contributed by atoms with Crippen LogP contribution in [0.15, 0.2) is 24.3 Å². The minimum absolute atomic E-state index is 0. The molecule has 0 N–H and O–H groups in total. The minimum Gasteiger partial charge on any atom is -1.00 e. The van der Waals surface area contributed by atoms with Crippen LogP contribution in [0.4, 0.5) is 0 Å². The fraction of sp³-hybridized carbons (Fsp3) is 0.565. The molecule has 0 saturated heterocycles. The Morgan fingerprint density at radius 2 is 1.34 bits per heavy atom. The summed E-state index contributed by atoms with van der Waals surface area (Å²) in [4.78, 5) is 25.7. The molecule has 0 atom stereocenters. The summed E-state index contributed by atoms with van der Waals surface area (Å²) >= 11 is 0. The van der Waals surface area contributed by atoms with E-state index in [2.05, 4.69) is 12.1 Å². The van der Waals surface area contributed by atoms with Crippen LogP contribution in [0.2, 0.25) is 0 Å². The number of fused-ring (bicyclic) bond motifs is 2. The number of hydrogen-bond acceptors (Lipinski definition) is 3. The van der Waals surface area contributed by atoms with Gasteiger partial charge in [-0.15, -0.1) is 9.36 Å². The van der Waals surface area contributed by atoms with Crippen molar-refractivity contribution in [2.24, 2.45) is 7.05 Å². The average molecular weight is 418 g/mol. The van der Waals surface area contributed by atoms with Crippen LogP contribution in [0.3, 0.4) is 0 Å². The SMILES string of the molecule is CCCCCCCCCCCCn1n[n+](C)c2c1C(=O)c1ccccc1C2=O.[Cl-]. The van der Waals surface area contributed by atoms with E-state index >= 15 is 0 Å². The first-order valence-electron chi connectivity index (χ1n) is 10.8. The molecule has 0 radical (unpaired) electrons. The van der Waals surface area contributed by atoms with Gasteiger partial charge in [-0.25, -0.2) is 0 Å². The largest absolute Gasteiger partial charge is 1.00 e. The van der Waals surface area contributed by atoms with E-state index in [1.807, 2.05) is 0 Å². The van der Waals surface area contributed by atoms with Gasteiger partial charge >= 0.3 is 0 Å². The molecule has 1 aromatic carbocycles. The molecule has 0 aliphatic heterocycles. The van der Waals surface area contributed by atoms with Crippen molar-refractivity contribution in [3.63, 3.8) is 0 Å². The number of unbranched alkanes of at least 4 members (excludes halogenated alkanes) is 9. The van der Waals surface area contributed by atoms with Crippen molar-refractivity contribution >= 4 is 11.6 Å². The molecule has 0 unspecified atom stereocenters. The Morgan fingerprint density at radius 1 is 0.828 bits per heavy atom. The molecule has 1 aliphatic rings. The fourth-order valence-electron chi connectivity index (χ4n) is 4.05. The van der Waals surface area contributed by atoms with Crippen LogP contribution < -0.4 is 17.1 Å². The molecular weight excluding hydrogens is 386 g/mol. The third-order valence-corrected chi connectivity index (χ3v) is 5.62. The van der Waals surface area contributed by atoms with Gasteiger partial charge in [0.2, 0.25) is 23.0 Å². The molecule has 0 spiro atoms. The lowest BCUT2D eigenvalue weighted by Gasteiger charge is -2.11. The smallest absolute Gasteiger partial charge is 0.249 e. The van der Waals surface area contributed by atoms with E-state index in [4.69, 9.17) is 0 Å². The Balaban J connectivity index is 0.00000300. The fourth-order valence-corrected chi connectivity index (χ4v) is 4.05. The number of carbonyl (C=O) groups excluding carboxylic acids is 2. The zero-order valence-corrected chi connectivity index (χ0v) is 18.4. The number of benzene rings is 1. The van der Waals surface area contributed by atoms with Gasteiger partial charge in [0.25, 0.3) is 0 Å². The molecule has 5 nitrogen and oxygen atoms in total. The molecule has 29 heavy (non-hydrogen) atoms. The van der Waals surface area contributed by atoms with E-state index in [9.17, 15) is 9.59 Å². The van der Waals surface area contributed by atoms with Crippen molar-refractivity contribution in [3.8, 4) is 0 Å². The highest BCUT2D eigenvalue weighted by molar-refractivity contribution is 6.26. The summed E-state index contributed by atoms with van der Waals surface area (Å²) in [5.41, 5.74) is 1.83. The van der Waals surface area contributed by atoms with Crippen molar-refractivity contribution in [2.45, 2.75) is 77.7 Å². The molecule has 1 aromatic heterocycles. The summed E-state index contributed by atoms with van der Waals surface area (Å²) in [6, 6.07) is 7.05. The maximum Gasteiger partial charge on any atom is 0.249 e. The van der Waals surface area contributed by atoms with E-state index in [1.54, 1.807) is 40.7 Å². The molecule has 0 amide bonds. The van der Waals surface area contributed by atoms with E-state index in [1.165, 1.54) is 51.4 Å². The summed E-state index contributed by atoms with van der Waals surface area (Å²) in [6.45, 7) is 2.93. The number of nitrogens with zero attached hydrogens (tertiary/aromatic N) is 3. The molecule has 0 saturated carbocycles. The molecule has 0 fully saturated rings. The van der Waals surface area contributed by atoms with Gasteiger partial charge < -0.3 is 12.4 Å². The predicted octanol–water partition coefficient (Wildman–Crippen LogP) is 1.41. The second kappa shape index (κ2) is 11.2. The summed E-state index contributed by atoms with van der Waals surface area (Å²) < 4.78 is 3.29. The minimum atomic E-state index is -0.109. The molecule has 0 bridgehead atoms. The van der Waals surface area contributed by atoms with Gasteiger partial charge in [0.1, 0.15) is 13.6 Å². The second-order valence-corrected chi connectivity index (χ2v) is 7.82. The first-order valence-corrected chi connectivity index (χ1v) is 10.8. The van der Waals surface area contributed by atoms with Gasteiger partial charge in [0.15, 0.2) is 0 Å². The number of carbonyl (C=O) groups is 2. The topological polar surface area (TPSA) is 55.8 Å². The number of aryl methyl sites for hydroxylation is 2. The normalized spacial score (nSPS) is 12.5. The highest BCUT2D eigenvalue weighted by Crippen LogP contribution is 2.25. The number of ketones is 2. The third kappa shape index (κ3) is 5.33. The first kappa shape index (κ1) is 23.3. The second-order valence-electron chi connectivity index (χ2n) is 7.82. The molecular formula is C23H32ClN3O2. The highest BCUT2D eigenvalue weighted by Gasteiger charge is 2.41. The summed E-state index contributed by atoms with van der Waals surface area (Å²) in [5, 5.41) is 4.44. The van der Waals surface area contributed by atoms with Gasteiger partial charge in [0, 0.05) is 11.1 Å². The first-order chi connectivity index (χ1) is 13.6. The molecule has 3 rings (SSSR count). The van der Waals surface area contributed by atoms with E-state index in [-0.39, 0.29) is 24.0 Å². The standard InChI is InChI=1S/C23H32N3O2.ClH/c1-3-4-5-6-7-8-9-10-11-14-17-26-21-20(25(2)24-26)22(27)18-15-12-13-16-19(18)23(21)28;/h12-13,15-16H,3-11,14,17H2,1-2H3;1H/q+1;/p-1. The van der Waals surface area contributed by atoms with E-state index < -0.39 is 0 Å². The summed E-state index contributed by atoms with van der Waals surface area (Å²) in [7, 11) is 1.74. The Hall–Kier alpha value is -2.01. The lowest BCUT2D eigenvalue weighted by molar-refractivity contribution is -0.733. The average Bonchev–Trinajstić information content (AvgIpc) is 3.04. The van der Waals surface area contributed by atoms with Crippen LogP contribution in [-0.4, -0.2) is 21.5 Å². The van der Waals surface area contributed by atoms with Crippen LogP contribution in [0.25, 0.3) is 0 Å². The third-order valence-electron chi connectivity index (χ3n) is 5.62. The van der Waals surface area contributed by atoms with Crippen LogP contribution in [0, 0.1) is 0 Å². The number of halogens is 1. The van der Waals surface area contributed by atoms with Gasteiger partial charge in [-0.05, 0) is 12.8 Å². The van der Waals surface area contributed by atoms with Crippen LogP contribution >= 0.6 is 0 Å². The van der Waals surface area contributed by atoms with Crippen LogP contribution in [0.1, 0.15) is 103 Å². The Bertz CT molecular complexity index is 845. The van der Waals surface area contributed by atoms with Gasteiger partial charge in [-0.1, -0.05) is 82.6 Å². The van der Waals surface area contributed by atoms with Gasteiger partial charge in [-0.2, -0.15) is 0 Å². The summed E-state index contributed by atoms with van der Waals surface area (Å²) in [6.07, 6.45) is 12.7. The van der Waals surface area contributed by atoms with Crippen molar-refractivity contribution in [2.75, 3.05) is 0 Å².